The molecule has 0 saturated carbocycles. The van der Waals surface area contributed by atoms with Crippen molar-refractivity contribution >= 4 is 43.1 Å². The molecule has 0 nitrogen and oxygen atoms in total. The van der Waals surface area contributed by atoms with Crippen LogP contribution in [0, 0.1) is 13.8 Å². The second-order valence-corrected chi connectivity index (χ2v) is 7.12. The van der Waals surface area contributed by atoms with E-state index < -0.39 is 0 Å². The Balaban J connectivity index is 2.22. The molecular formula is C24H20. The van der Waals surface area contributed by atoms with E-state index in [4.69, 9.17) is 0 Å². The van der Waals surface area contributed by atoms with Crippen LogP contribution in [0.3, 0.4) is 0 Å². The fourth-order valence-corrected chi connectivity index (χ4v) is 4.37. The van der Waals surface area contributed by atoms with Gasteiger partial charge in [-0.3, -0.25) is 0 Å². The Morgan fingerprint density at radius 1 is 0.625 bits per heavy atom. The van der Waals surface area contributed by atoms with Gasteiger partial charge in [0, 0.05) is 0 Å². The molecule has 0 saturated heterocycles. The first-order valence-electron chi connectivity index (χ1n) is 8.77. The molecule has 5 aromatic rings. The Kier molecular flexibility index (Phi) is 2.71. The Morgan fingerprint density at radius 2 is 1.25 bits per heavy atom. The number of fused-ring (bicyclic) bond motifs is 2. The lowest BCUT2D eigenvalue weighted by atomic mass is 9.87. The topological polar surface area (TPSA) is 0 Å². The summed E-state index contributed by atoms with van der Waals surface area (Å²) in [6, 6.07) is 20.9. The van der Waals surface area contributed by atoms with Gasteiger partial charge in [-0.15, -0.1) is 0 Å². The highest BCUT2D eigenvalue weighted by molar-refractivity contribution is 6.33. The second kappa shape index (κ2) is 4.70. The van der Waals surface area contributed by atoms with E-state index in [0.29, 0.717) is 0 Å². The van der Waals surface area contributed by atoms with Crippen molar-refractivity contribution in [3.8, 4) is 0 Å². The molecule has 0 spiro atoms. The second-order valence-electron chi connectivity index (χ2n) is 7.12. The van der Waals surface area contributed by atoms with E-state index >= 15 is 0 Å². The van der Waals surface area contributed by atoms with E-state index in [2.05, 4.69) is 75.4 Å². The molecule has 116 valence electrons. The zero-order valence-electron chi connectivity index (χ0n) is 14.4. The summed E-state index contributed by atoms with van der Waals surface area (Å²) in [6.07, 6.45) is 1.07. The molecule has 0 aliphatic rings. The molecule has 0 atom stereocenters. The van der Waals surface area contributed by atoms with Crippen molar-refractivity contribution in [3.63, 3.8) is 0 Å². The molecule has 0 aliphatic heterocycles. The molecule has 0 radical (unpaired) electrons. The number of hydrogen-bond donors (Lipinski definition) is 0. The Hall–Kier alpha value is -2.60. The summed E-state index contributed by atoms with van der Waals surface area (Å²) in [5.74, 6) is 0. The van der Waals surface area contributed by atoms with Gasteiger partial charge in [0.15, 0.2) is 0 Å². The van der Waals surface area contributed by atoms with Gasteiger partial charge in [-0.2, -0.15) is 0 Å². The molecule has 0 amide bonds. The summed E-state index contributed by atoms with van der Waals surface area (Å²) in [4.78, 5) is 0. The monoisotopic (exact) mass is 308 g/mol. The highest BCUT2D eigenvalue weighted by atomic mass is 14.2. The summed E-state index contributed by atoms with van der Waals surface area (Å²) in [5, 5.41) is 11.1. The van der Waals surface area contributed by atoms with Crippen LogP contribution < -0.4 is 0 Å². The fraction of sp³-hybridized carbons (Fsp3) is 0.167. The first kappa shape index (κ1) is 13.8. The fourth-order valence-electron chi connectivity index (χ4n) is 4.37. The van der Waals surface area contributed by atoms with Crippen LogP contribution in [-0.4, -0.2) is 0 Å². The molecule has 5 aromatic carbocycles. The normalized spacial score (nSPS) is 12.1. The average molecular weight is 308 g/mol. The summed E-state index contributed by atoms with van der Waals surface area (Å²) in [7, 11) is 0. The van der Waals surface area contributed by atoms with Crippen LogP contribution in [0.2, 0.25) is 0 Å². The molecule has 0 aliphatic carbocycles. The maximum Gasteiger partial charge on any atom is -0.00260 e. The molecule has 0 heterocycles. The summed E-state index contributed by atoms with van der Waals surface area (Å²) in [6.45, 7) is 6.65. The number of aryl methyl sites for hydroxylation is 3. The molecular weight excluding hydrogens is 288 g/mol. The highest BCUT2D eigenvalue weighted by Crippen LogP contribution is 2.41. The Morgan fingerprint density at radius 3 is 2.00 bits per heavy atom. The van der Waals surface area contributed by atoms with Crippen molar-refractivity contribution in [2.75, 3.05) is 0 Å². The average Bonchev–Trinajstić information content (AvgIpc) is 2.57. The number of benzene rings is 5. The van der Waals surface area contributed by atoms with Crippen LogP contribution in [-0.2, 0) is 6.42 Å². The van der Waals surface area contributed by atoms with Crippen LogP contribution in [0.5, 0.6) is 0 Å². The molecule has 0 bridgehead atoms. The largest absolute Gasteiger partial charge is 0.0613 e. The van der Waals surface area contributed by atoms with Crippen LogP contribution in [0.4, 0.5) is 0 Å². The van der Waals surface area contributed by atoms with Gasteiger partial charge in [-0.05, 0) is 80.0 Å². The van der Waals surface area contributed by atoms with Crippen molar-refractivity contribution in [2.24, 2.45) is 0 Å². The molecule has 0 unspecified atom stereocenters. The van der Waals surface area contributed by atoms with Gasteiger partial charge in [0.1, 0.15) is 0 Å². The first-order valence-corrected chi connectivity index (χ1v) is 8.77. The van der Waals surface area contributed by atoms with Gasteiger partial charge in [-0.25, -0.2) is 0 Å². The van der Waals surface area contributed by atoms with Crippen LogP contribution >= 0.6 is 0 Å². The minimum absolute atomic E-state index is 1.07. The van der Waals surface area contributed by atoms with E-state index in [9.17, 15) is 0 Å². The molecule has 0 N–H and O–H groups in total. The van der Waals surface area contributed by atoms with Crippen LogP contribution in [0.25, 0.3) is 43.1 Å². The van der Waals surface area contributed by atoms with E-state index in [1.807, 2.05) is 0 Å². The third kappa shape index (κ3) is 1.74. The van der Waals surface area contributed by atoms with E-state index in [1.54, 1.807) is 0 Å². The van der Waals surface area contributed by atoms with Crippen LogP contribution in [0.1, 0.15) is 23.6 Å². The zero-order valence-corrected chi connectivity index (χ0v) is 14.4. The minimum Gasteiger partial charge on any atom is -0.0613 e. The SMILES string of the molecule is CCc1cc2cc(C)cc3c4cccc5cc(C)cc(c(c1)c23)c54. The third-order valence-corrected chi connectivity index (χ3v) is 5.36. The lowest BCUT2D eigenvalue weighted by Crippen LogP contribution is -1.91. The summed E-state index contributed by atoms with van der Waals surface area (Å²) in [5.41, 5.74) is 4.09. The molecule has 0 aromatic heterocycles. The van der Waals surface area contributed by atoms with Gasteiger partial charge < -0.3 is 0 Å². The standard InChI is InChI=1S/C24H20/c1-4-16-12-18-9-15(3)10-20-19-7-5-6-17-8-14(2)11-21(23(17)19)22(13-16)24(18)20/h5-13H,4H2,1-3H3. The smallest absolute Gasteiger partial charge is 0.00260 e. The van der Waals surface area contributed by atoms with Gasteiger partial charge in [0.05, 0.1) is 0 Å². The summed E-state index contributed by atoms with van der Waals surface area (Å²) < 4.78 is 0. The van der Waals surface area contributed by atoms with Crippen molar-refractivity contribution < 1.29 is 0 Å². The zero-order chi connectivity index (χ0) is 16.4. The van der Waals surface area contributed by atoms with Gasteiger partial charge in [0.2, 0.25) is 0 Å². The summed E-state index contributed by atoms with van der Waals surface area (Å²) >= 11 is 0. The van der Waals surface area contributed by atoms with Crippen molar-refractivity contribution in [2.45, 2.75) is 27.2 Å². The maximum atomic E-state index is 2.41. The Labute approximate surface area is 142 Å². The molecule has 5 rings (SSSR count). The predicted molar refractivity (Wildman–Crippen MR) is 107 cm³/mol. The number of rotatable bonds is 1. The third-order valence-electron chi connectivity index (χ3n) is 5.36. The first-order chi connectivity index (χ1) is 11.7. The van der Waals surface area contributed by atoms with Crippen molar-refractivity contribution in [1.29, 1.82) is 0 Å². The van der Waals surface area contributed by atoms with Crippen molar-refractivity contribution in [3.05, 3.63) is 71.3 Å². The lowest BCUT2D eigenvalue weighted by Gasteiger charge is -2.17. The quantitative estimate of drug-likeness (QED) is 0.233. The van der Waals surface area contributed by atoms with E-state index in [1.165, 1.54) is 59.8 Å². The predicted octanol–water partition coefficient (Wildman–Crippen LogP) is 6.92. The number of hydrogen-bond acceptors (Lipinski definition) is 0. The van der Waals surface area contributed by atoms with E-state index in [-0.39, 0.29) is 0 Å². The van der Waals surface area contributed by atoms with Crippen LogP contribution in [0.15, 0.2) is 54.6 Å². The highest BCUT2D eigenvalue weighted by Gasteiger charge is 2.14. The molecule has 24 heavy (non-hydrogen) atoms. The Bertz CT molecular complexity index is 1240. The molecule has 0 heteroatoms. The lowest BCUT2D eigenvalue weighted by molar-refractivity contribution is 1.15. The minimum atomic E-state index is 1.07. The van der Waals surface area contributed by atoms with Gasteiger partial charge in [-0.1, -0.05) is 61.5 Å². The van der Waals surface area contributed by atoms with Gasteiger partial charge >= 0.3 is 0 Å². The van der Waals surface area contributed by atoms with Crippen molar-refractivity contribution in [1.82, 2.24) is 0 Å². The van der Waals surface area contributed by atoms with Gasteiger partial charge in [0.25, 0.3) is 0 Å². The maximum absolute atomic E-state index is 2.41. The van der Waals surface area contributed by atoms with E-state index in [0.717, 1.165) is 6.42 Å². The molecule has 0 fully saturated rings.